The van der Waals surface area contributed by atoms with E-state index in [1.807, 2.05) is 17.6 Å². The van der Waals surface area contributed by atoms with E-state index in [1.165, 1.54) is 12.1 Å². The molecular weight excluding hydrogens is 277 g/mol. The smallest absolute Gasteiger partial charge is 0.143 e. The SMILES string of the molecule is CCn1c(-c2ccc(Cl)cc2N)nc2cc(F)ccc21. The highest BCUT2D eigenvalue weighted by atomic mass is 35.5. The fourth-order valence-corrected chi connectivity index (χ4v) is 2.55. The molecule has 20 heavy (non-hydrogen) atoms. The third kappa shape index (κ3) is 2.02. The number of nitrogens with zero attached hydrogens (tertiary/aromatic N) is 2. The Hall–Kier alpha value is -2.07. The maximum atomic E-state index is 13.3. The maximum Gasteiger partial charge on any atom is 0.143 e. The number of halogens is 2. The minimum Gasteiger partial charge on any atom is -0.398 e. The van der Waals surface area contributed by atoms with E-state index in [0.717, 1.165) is 23.4 Å². The summed E-state index contributed by atoms with van der Waals surface area (Å²) in [6.45, 7) is 2.74. The van der Waals surface area contributed by atoms with Gasteiger partial charge < -0.3 is 10.3 Å². The molecule has 0 saturated carbocycles. The number of anilines is 1. The molecule has 3 rings (SSSR count). The summed E-state index contributed by atoms with van der Waals surface area (Å²) >= 11 is 5.92. The van der Waals surface area contributed by atoms with Gasteiger partial charge in [-0.1, -0.05) is 11.6 Å². The molecule has 0 aliphatic heterocycles. The third-order valence-electron chi connectivity index (χ3n) is 3.28. The second-order valence-electron chi connectivity index (χ2n) is 4.54. The normalized spacial score (nSPS) is 11.2. The second kappa shape index (κ2) is 4.80. The Labute approximate surface area is 120 Å². The van der Waals surface area contributed by atoms with Crippen LogP contribution in [-0.2, 0) is 6.54 Å². The average molecular weight is 290 g/mol. The zero-order valence-electron chi connectivity index (χ0n) is 10.9. The number of nitrogens with two attached hydrogens (primary N) is 1. The predicted octanol–water partition coefficient (Wildman–Crippen LogP) is 4.10. The van der Waals surface area contributed by atoms with Gasteiger partial charge in [-0.05, 0) is 37.3 Å². The van der Waals surface area contributed by atoms with E-state index in [1.54, 1.807) is 18.2 Å². The Kier molecular flexibility index (Phi) is 3.10. The fraction of sp³-hybridized carbons (Fsp3) is 0.133. The molecule has 102 valence electrons. The summed E-state index contributed by atoms with van der Waals surface area (Å²) in [5.74, 6) is 0.427. The van der Waals surface area contributed by atoms with Crippen LogP contribution in [0.2, 0.25) is 5.02 Å². The molecule has 2 aromatic carbocycles. The van der Waals surface area contributed by atoms with Gasteiger partial charge in [0.25, 0.3) is 0 Å². The van der Waals surface area contributed by atoms with Crippen molar-refractivity contribution >= 4 is 28.3 Å². The lowest BCUT2D eigenvalue weighted by Crippen LogP contribution is -2.00. The summed E-state index contributed by atoms with van der Waals surface area (Å²) < 4.78 is 15.3. The molecule has 0 radical (unpaired) electrons. The molecule has 0 fully saturated rings. The van der Waals surface area contributed by atoms with E-state index >= 15 is 0 Å². The number of imidazole rings is 1. The van der Waals surface area contributed by atoms with Gasteiger partial charge >= 0.3 is 0 Å². The number of nitrogen functional groups attached to an aromatic ring is 1. The first-order valence-electron chi connectivity index (χ1n) is 6.31. The van der Waals surface area contributed by atoms with Crippen LogP contribution in [0.5, 0.6) is 0 Å². The number of hydrogen-bond donors (Lipinski definition) is 1. The molecule has 0 aliphatic rings. The highest BCUT2D eigenvalue weighted by Gasteiger charge is 2.14. The topological polar surface area (TPSA) is 43.8 Å². The Balaban J connectivity index is 2.30. The standard InChI is InChI=1S/C15H13ClFN3/c1-2-20-14-6-4-10(17)8-13(14)19-15(20)11-5-3-9(16)7-12(11)18/h3-8H,2,18H2,1H3. The molecular formula is C15H13ClFN3. The first-order chi connectivity index (χ1) is 9.60. The third-order valence-corrected chi connectivity index (χ3v) is 3.52. The minimum absolute atomic E-state index is 0.297. The summed E-state index contributed by atoms with van der Waals surface area (Å²) in [6.07, 6.45) is 0. The number of aryl methyl sites for hydroxylation is 1. The van der Waals surface area contributed by atoms with Crippen molar-refractivity contribution in [2.75, 3.05) is 5.73 Å². The summed E-state index contributed by atoms with van der Waals surface area (Å²) in [5.41, 5.74) is 8.88. The lowest BCUT2D eigenvalue weighted by molar-refractivity contribution is 0.629. The van der Waals surface area contributed by atoms with Gasteiger partial charge in [0.15, 0.2) is 0 Å². The number of rotatable bonds is 2. The van der Waals surface area contributed by atoms with Crippen LogP contribution in [0.4, 0.5) is 10.1 Å². The van der Waals surface area contributed by atoms with Gasteiger partial charge in [-0.15, -0.1) is 0 Å². The maximum absolute atomic E-state index is 13.3. The molecule has 0 atom stereocenters. The molecule has 1 heterocycles. The van der Waals surface area contributed by atoms with Crippen molar-refractivity contribution in [3.8, 4) is 11.4 Å². The van der Waals surface area contributed by atoms with Crippen molar-refractivity contribution in [2.24, 2.45) is 0 Å². The van der Waals surface area contributed by atoms with Gasteiger partial charge in [-0.2, -0.15) is 0 Å². The average Bonchev–Trinajstić information content (AvgIpc) is 2.75. The van der Waals surface area contributed by atoms with Crippen molar-refractivity contribution < 1.29 is 4.39 Å². The highest BCUT2D eigenvalue weighted by molar-refractivity contribution is 6.31. The lowest BCUT2D eigenvalue weighted by atomic mass is 10.1. The van der Waals surface area contributed by atoms with E-state index in [9.17, 15) is 4.39 Å². The Bertz CT molecular complexity index is 795. The molecule has 0 amide bonds. The van der Waals surface area contributed by atoms with Crippen LogP contribution in [0.1, 0.15) is 6.92 Å². The highest BCUT2D eigenvalue weighted by Crippen LogP contribution is 2.30. The zero-order valence-corrected chi connectivity index (χ0v) is 11.7. The number of hydrogen-bond acceptors (Lipinski definition) is 2. The molecule has 2 N–H and O–H groups in total. The molecule has 0 unspecified atom stereocenters. The summed E-state index contributed by atoms with van der Waals surface area (Å²) in [7, 11) is 0. The van der Waals surface area contributed by atoms with Gasteiger partial charge in [0.1, 0.15) is 11.6 Å². The first-order valence-corrected chi connectivity index (χ1v) is 6.69. The van der Waals surface area contributed by atoms with E-state index < -0.39 is 0 Å². The largest absolute Gasteiger partial charge is 0.398 e. The summed E-state index contributed by atoms with van der Waals surface area (Å²) in [5, 5.41) is 0.580. The summed E-state index contributed by atoms with van der Waals surface area (Å²) in [6, 6.07) is 9.89. The van der Waals surface area contributed by atoms with Gasteiger partial charge in [0, 0.05) is 28.9 Å². The fourth-order valence-electron chi connectivity index (χ4n) is 2.37. The predicted molar refractivity (Wildman–Crippen MR) is 80.2 cm³/mol. The molecule has 3 nitrogen and oxygen atoms in total. The van der Waals surface area contributed by atoms with Crippen LogP contribution in [0.15, 0.2) is 36.4 Å². The van der Waals surface area contributed by atoms with Gasteiger partial charge in [-0.25, -0.2) is 9.37 Å². The quantitative estimate of drug-likeness (QED) is 0.722. The van der Waals surface area contributed by atoms with E-state index in [4.69, 9.17) is 17.3 Å². The summed E-state index contributed by atoms with van der Waals surface area (Å²) in [4.78, 5) is 4.50. The van der Waals surface area contributed by atoms with Crippen molar-refractivity contribution in [3.63, 3.8) is 0 Å². The molecule has 0 spiro atoms. The van der Waals surface area contributed by atoms with Crippen LogP contribution < -0.4 is 5.73 Å². The first kappa shape index (κ1) is 12.9. The Morgan fingerprint density at radius 3 is 2.75 bits per heavy atom. The molecule has 0 saturated heterocycles. The van der Waals surface area contributed by atoms with Gasteiger partial charge in [0.05, 0.1) is 11.0 Å². The van der Waals surface area contributed by atoms with Crippen molar-refractivity contribution in [1.82, 2.24) is 9.55 Å². The van der Waals surface area contributed by atoms with Crippen molar-refractivity contribution in [2.45, 2.75) is 13.5 Å². The second-order valence-corrected chi connectivity index (χ2v) is 4.98. The number of fused-ring (bicyclic) bond motifs is 1. The van der Waals surface area contributed by atoms with Crippen LogP contribution in [0, 0.1) is 5.82 Å². The van der Waals surface area contributed by atoms with E-state index in [2.05, 4.69) is 4.98 Å². The van der Waals surface area contributed by atoms with Crippen LogP contribution in [0.3, 0.4) is 0 Å². The molecule has 0 bridgehead atoms. The van der Waals surface area contributed by atoms with Gasteiger partial charge in [0.2, 0.25) is 0 Å². The van der Waals surface area contributed by atoms with Crippen molar-refractivity contribution in [3.05, 3.63) is 47.2 Å². The van der Waals surface area contributed by atoms with Crippen LogP contribution >= 0.6 is 11.6 Å². The van der Waals surface area contributed by atoms with E-state index in [0.29, 0.717) is 16.2 Å². The number of aromatic nitrogens is 2. The molecule has 1 aromatic heterocycles. The zero-order chi connectivity index (χ0) is 14.3. The molecule has 0 aliphatic carbocycles. The van der Waals surface area contributed by atoms with E-state index in [-0.39, 0.29) is 5.82 Å². The minimum atomic E-state index is -0.297. The van der Waals surface area contributed by atoms with Crippen LogP contribution in [0.25, 0.3) is 22.4 Å². The van der Waals surface area contributed by atoms with Gasteiger partial charge in [-0.3, -0.25) is 0 Å². The Morgan fingerprint density at radius 2 is 2.05 bits per heavy atom. The van der Waals surface area contributed by atoms with Crippen LogP contribution in [-0.4, -0.2) is 9.55 Å². The number of benzene rings is 2. The lowest BCUT2D eigenvalue weighted by Gasteiger charge is -2.08. The molecule has 5 heteroatoms. The van der Waals surface area contributed by atoms with Crippen molar-refractivity contribution in [1.29, 1.82) is 0 Å². The Morgan fingerprint density at radius 1 is 1.25 bits per heavy atom. The monoisotopic (exact) mass is 289 g/mol. The molecule has 3 aromatic rings.